The quantitative estimate of drug-likeness (QED) is 0.438. The summed E-state index contributed by atoms with van der Waals surface area (Å²) in [6, 6.07) is 16.6. The smallest absolute Gasteiger partial charge is 0.227 e. The molecular weight excluding hydrogens is 396 g/mol. The maximum Gasteiger partial charge on any atom is 0.227 e. The lowest BCUT2D eigenvalue weighted by molar-refractivity contribution is -0.121. The molecule has 2 N–H and O–H groups in total. The van der Waals surface area contributed by atoms with Crippen molar-refractivity contribution in [1.82, 2.24) is 0 Å². The molecule has 0 aliphatic heterocycles. The molecule has 4 nitrogen and oxygen atoms in total. The lowest BCUT2D eigenvalue weighted by atomic mass is 9.88. The van der Waals surface area contributed by atoms with Gasteiger partial charge in [0.15, 0.2) is 0 Å². The van der Waals surface area contributed by atoms with Gasteiger partial charge in [-0.1, -0.05) is 68.9 Å². The second-order valence-electron chi connectivity index (χ2n) is 9.56. The minimum Gasteiger partial charge on any atom is -0.324 e. The molecule has 2 fully saturated rings. The van der Waals surface area contributed by atoms with Crippen LogP contribution in [-0.4, -0.2) is 11.8 Å². The van der Waals surface area contributed by atoms with Gasteiger partial charge in [0.1, 0.15) is 0 Å². The van der Waals surface area contributed by atoms with Gasteiger partial charge in [-0.3, -0.25) is 9.59 Å². The summed E-state index contributed by atoms with van der Waals surface area (Å²) < 4.78 is 0. The summed E-state index contributed by atoms with van der Waals surface area (Å²) in [5, 5.41) is 10.8. The Balaban J connectivity index is 1.53. The first-order valence-corrected chi connectivity index (χ1v) is 12.3. The van der Waals surface area contributed by atoms with Gasteiger partial charge < -0.3 is 10.6 Å². The molecule has 0 bridgehead atoms. The monoisotopic (exact) mass is 428 g/mol. The van der Waals surface area contributed by atoms with E-state index >= 15 is 0 Å². The highest BCUT2D eigenvalue weighted by Gasteiger charge is 2.25. The molecule has 32 heavy (non-hydrogen) atoms. The molecule has 0 radical (unpaired) electrons. The van der Waals surface area contributed by atoms with Crippen LogP contribution in [0.15, 0.2) is 48.5 Å². The van der Waals surface area contributed by atoms with Crippen molar-refractivity contribution in [3.05, 3.63) is 48.5 Å². The number of benzene rings is 3. The maximum absolute atomic E-state index is 13.2. The second kappa shape index (κ2) is 9.32. The van der Waals surface area contributed by atoms with Crippen molar-refractivity contribution in [3.63, 3.8) is 0 Å². The predicted octanol–water partition coefficient (Wildman–Crippen LogP) is 7.03. The number of anilines is 2. The highest BCUT2D eigenvalue weighted by atomic mass is 16.2. The summed E-state index contributed by atoms with van der Waals surface area (Å²) in [5.41, 5.74) is 1.46. The molecule has 0 saturated heterocycles. The molecule has 0 unspecified atom stereocenters. The second-order valence-corrected chi connectivity index (χ2v) is 9.56. The number of carbonyl (C=O) groups excluding carboxylic acids is 2. The average molecular weight is 429 g/mol. The fourth-order valence-corrected chi connectivity index (χ4v) is 5.44. The molecule has 2 amide bonds. The van der Waals surface area contributed by atoms with Crippen LogP contribution in [0.25, 0.3) is 21.5 Å². The largest absolute Gasteiger partial charge is 0.324 e. The summed E-state index contributed by atoms with van der Waals surface area (Å²) in [6.07, 6.45) is 10.7. The van der Waals surface area contributed by atoms with E-state index in [1.807, 2.05) is 18.2 Å². The molecule has 3 aromatic carbocycles. The predicted molar refractivity (Wildman–Crippen MR) is 132 cm³/mol. The number of fused-ring (bicyclic) bond motifs is 2. The van der Waals surface area contributed by atoms with E-state index in [1.54, 1.807) is 0 Å². The molecule has 3 aromatic rings. The van der Waals surface area contributed by atoms with Crippen LogP contribution < -0.4 is 10.6 Å². The highest BCUT2D eigenvalue weighted by molar-refractivity contribution is 6.13. The Morgan fingerprint density at radius 1 is 0.625 bits per heavy atom. The Morgan fingerprint density at radius 2 is 1.19 bits per heavy atom. The van der Waals surface area contributed by atoms with Gasteiger partial charge in [-0.2, -0.15) is 0 Å². The van der Waals surface area contributed by atoms with Crippen LogP contribution >= 0.6 is 0 Å². The lowest BCUT2D eigenvalue weighted by Crippen LogP contribution is -2.27. The van der Waals surface area contributed by atoms with Crippen molar-refractivity contribution in [2.24, 2.45) is 11.8 Å². The molecule has 0 atom stereocenters. The number of amides is 2. The Kier molecular flexibility index (Phi) is 6.11. The molecule has 0 heterocycles. The molecule has 0 spiro atoms. The van der Waals surface area contributed by atoms with Gasteiger partial charge in [-0.25, -0.2) is 0 Å². The van der Waals surface area contributed by atoms with E-state index in [9.17, 15) is 9.59 Å². The number of hydrogen-bond donors (Lipinski definition) is 2. The zero-order chi connectivity index (χ0) is 21.9. The van der Waals surface area contributed by atoms with E-state index in [0.29, 0.717) is 5.69 Å². The molecule has 166 valence electrons. The van der Waals surface area contributed by atoms with E-state index in [-0.39, 0.29) is 23.7 Å². The van der Waals surface area contributed by atoms with Crippen molar-refractivity contribution >= 4 is 44.7 Å². The Labute approximate surface area is 189 Å². The molecule has 5 rings (SSSR count). The summed E-state index contributed by atoms with van der Waals surface area (Å²) in [7, 11) is 0. The summed E-state index contributed by atoms with van der Waals surface area (Å²) in [5.74, 6) is 0.288. The third-order valence-corrected chi connectivity index (χ3v) is 7.34. The topological polar surface area (TPSA) is 58.2 Å². The van der Waals surface area contributed by atoms with Crippen molar-refractivity contribution < 1.29 is 9.59 Å². The first-order valence-electron chi connectivity index (χ1n) is 12.3. The minimum absolute atomic E-state index is 0.0568. The van der Waals surface area contributed by atoms with Crippen LogP contribution in [0.5, 0.6) is 0 Å². The molecule has 0 aromatic heterocycles. The van der Waals surface area contributed by atoms with Crippen molar-refractivity contribution in [3.8, 4) is 0 Å². The van der Waals surface area contributed by atoms with Crippen LogP contribution in [0, 0.1) is 11.8 Å². The summed E-state index contributed by atoms with van der Waals surface area (Å²) in [4.78, 5) is 26.2. The van der Waals surface area contributed by atoms with Gasteiger partial charge in [-0.15, -0.1) is 0 Å². The highest BCUT2D eigenvalue weighted by Crippen LogP contribution is 2.36. The van der Waals surface area contributed by atoms with Crippen LogP contribution in [0.3, 0.4) is 0 Å². The van der Waals surface area contributed by atoms with E-state index in [1.165, 1.54) is 18.2 Å². The number of hydrogen-bond acceptors (Lipinski definition) is 2. The molecule has 4 heteroatoms. The standard InChI is InChI=1S/C28H32N2O2/c31-27(19-9-3-1-4-10-19)29-25-16-15-23-17-21-13-7-8-14-22(21)18-24(23)26(25)30-28(32)20-11-5-2-6-12-20/h7-8,13-20H,1-6,9-12H2,(H,29,31)(H,30,32). The molecular formula is C28H32N2O2. The van der Waals surface area contributed by atoms with E-state index < -0.39 is 0 Å². The van der Waals surface area contributed by atoms with Gasteiger partial charge in [0.05, 0.1) is 11.4 Å². The normalized spacial score (nSPS) is 18.0. The lowest BCUT2D eigenvalue weighted by Gasteiger charge is -2.24. The zero-order valence-corrected chi connectivity index (χ0v) is 18.7. The minimum atomic E-state index is 0.0568. The van der Waals surface area contributed by atoms with Crippen LogP contribution in [0.1, 0.15) is 64.2 Å². The van der Waals surface area contributed by atoms with Crippen LogP contribution in [0.4, 0.5) is 11.4 Å². The maximum atomic E-state index is 13.2. The van der Waals surface area contributed by atoms with Gasteiger partial charge >= 0.3 is 0 Å². The molecule has 2 saturated carbocycles. The van der Waals surface area contributed by atoms with Crippen LogP contribution in [0.2, 0.25) is 0 Å². The third-order valence-electron chi connectivity index (χ3n) is 7.34. The third kappa shape index (κ3) is 4.36. The number of nitrogens with one attached hydrogen (secondary N) is 2. The van der Waals surface area contributed by atoms with Crippen molar-refractivity contribution in [1.29, 1.82) is 0 Å². The van der Waals surface area contributed by atoms with E-state index in [2.05, 4.69) is 41.0 Å². The summed E-state index contributed by atoms with van der Waals surface area (Å²) in [6.45, 7) is 0. The fraction of sp³-hybridized carbons (Fsp3) is 0.429. The zero-order valence-electron chi connectivity index (χ0n) is 18.7. The van der Waals surface area contributed by atoms with Crippen LogP contribution in [-0.2, 0) is 9.59 Å². The molecule has 2 aliphatic rings. The first kappa shape index (κ1) is 21.0. The Morgan fingerprint density at radius 3 is 1.81 bits per heavy atom. The van der Waals surface area contributed by atoms with Gasteiger partial charge in [0.25, 0.3) is 0 Å². The SMILES string of the molecule is O=C(Nc1ccc2cc3ccccc3cc2c1NC(=O)C1CCCCC1)C1CCCCC1. The summed E-state index contributed by atoms with van der Waals surface area (Å²) >= 11 is 0. The van der Waals surface area contributed by atoms with E-state index in [0.717, 1.165) is 73.2 Å². The van der Waals surface area contributed by atoms with Gasteiger partial charge in [0, 0.05) is 17.2 Å². The van der Waals surface area contributed by atoms with Crippen molar-refractivity contribution in [2.75, 3.05) is 10.6 Å². The average Bonchev–Trinajstić information content (AvgIpc) is 2.85. The molecule has 2 aliphatic carbocycles. The van der Waals surface area contributed by atoms with E-state index in [4.69, 9.17) is 0 Å². The Hall–Kier alpha value is -2.88. The van der Waals surface area contributed by atoms with Crippen molar-refractivity contribution in [2.45, 2.75) is 64.2 Å². The fourth-order valence-electron chi connectivity index (χ4n) is 5.44. The van der Waals surface area contributed by atoms with Gasteiger partial charge in [0.2, 0.25) is 11.8 Å². The number of carbonyl (C=O) groups is 2. The Bertz CT molecular complexity index is 1140. The van der Waals surface area contributed by atoms with Gasteiger partial charge in [-0.05, 0) is 60.0 Å². The number of rotatable bonds is 4. The first-order chi connectivity index (χ1) is 15.7.